The van der Waals surface area contributed by atoms with Crippen molar-refractivity contribution in [2.75, 3.05) is 13.6 Å². The van der Waals surface area contributed by atoms with E-state index < -0.39 is 35.5 Å². The van der Waals surface area contributed by atoms with Gasteiger partial charge in [0.15, 0.2) is 0 Å². The maximum atomic E-state index is 12.5. The summed E-state index contributed by atoms with van der Waals surface area (Å²) in [5.74, 6) is -1.81. The van der Waals surface area contributed by atoms with E-state index >= 15 is 0 Å². The standard InChI is InChI=1S/C12H20N4O4/c1-5-7(13)10(19)15(3)12(5)4-16(11(12)20)8(6(2)17)9(14)18/h5-8,17H,4,13H2,1-3H3,(H2,14,18)/t5?,6-,7?,8+,12?/m1/s1. The summed E-state index contributed by atoms with van der Waals surface area (Å²) in [5, 5.41) is 9.60. The first-order valence-corrected chi connectivity index (χ1v) is 6.48. The lowest BCUT2D eigenvalue weighted by atomic mass is 9.75. The number of primary amides is 1. The van der Waals surface area contributed by atoms with Gasteiger partial charge in [0, 0.05) is 13.0 Å². The van der Waals surface area contributed by atoms with Gasteiger partial charge in [-0.25, -0.2) is 0 Å². The van der Waals surface area contributed by atoms with Crippen LogP contribution in [-0.4, -0.2) is 69.9 Å². The molecule has 0 aromatic rings. The number of likely N-dealkylation sites (tertiary alicyclic amines) is 2. The van der Waals surface area contributed by atoms with Gasteiger partial charge in [0.05, 0.1) is 18.7 Å². The van der Waals surface area contributed by atoms with Gasteiger partial charge in [0.2, 0.25) is 11.8 Å². The summed E-state index contributed by atoms with van der Waals surface area (Å²) in [6.07, 6.45) is -1.07. The molecule has 2 rings (SSSR count). The molecule has 0 aromatic heterocycles. The van der Waals surface area contributed by atoms with Crippen LogP contribution >= 0.6 is 0 Å². The Morgan fingerprint density at radius 3 is 2.35 bits per heavy atom. The maximum Gasteiger partial charge on any atom is 0.251 e. The minimum atomic E-state index is -1.08. The van der Waals surface area contributed by atoms with E-state index in [0.717, 1.165) is 0 Å². The second kappa shape index (κ2) is 4.42. The fraction of sp³-hybridized carbons (Fsp3) is 0.750. The minimum absolute atomic E-state index is 0.154. The summed E-state index contributed by atoms with van der Waals surface area (Å²) in [7, 11) is 1.53. The molecule has 20 heavy (non-hydrogen) atoms. The predicted molar refractivity (Wildman–Crippen MR) is 69.0 cm³/mol. The SMILES string of the molecule is CC1C(N)C(=O)N(C)C12CN([C@H](C(N)=O)[C@@H](C)O)C2=O. The van der Waals surface area contributed by atoms with Gasteiger partial charge in [0.1, 0.15) is 11.6 Å². The van der Waals surface area contributed by atoms with E-state index in [1.54, 1.807) is 6.92 Å². The van der Waals surface area contributed by atoms with Gasteiger partial charge in [0.25, 0.3) is 5.91 Å². The highest BCUT2D eigenvalue weighted by Gasteiger charge is 2.67. The molecule has 3 unspecified atom stereocenters. The Bertz CT molecular complexity index is 480. The van der Waals surface area contributed by atoms with Crippen molar-refractivity contribution in [1.29, 1.82) is 0 Å². The van der Waals surface area contributed by atoms with Crippen LogP contribution in [0.15, 0.2) is 0 Å². The summed E-state index contributed by atoms with van der Waals surface area (Å²) in [5.41, 5.74) is 10.0. The molecule has 1 spiro atoms. The Morgan fingerprint density at radius 2 is 2.05 bits per heavy atom. The van der Waals surface area contributed by atoms with Crippen LogP contribution in [-0.2, 0) is 14.4 Å². The second-order valence-electron chi connectivity index (χ2n) is 5.66. The van der Waals surface area contributed by atoms with Crippen molar-refractivity contribution >= 4 is 17.7 Å². The van der Waals surface area contributed by atoms with Crippen molar-refractivity contribution in [2.24, 2.45) is 17.4 Å². The van der Waals surface area contributed by atoms with Crippen LogP contribution in [0.4, 0.5) is 0 Å². The molecule has 2 heterocycles. The number of hydrogen-bond donors (Lipinski definition) is 3. The number of nitrogens with zero attached hydrogens (tertiary/aromatic N) is 2. The third-order valence-corrected chi connectivity index (χ3v) is 4.63. The zero-order valence-corrected chi connectivity index (χ0v) is 11.7. The van der Waals surface area contributed by atoms with Crippen molar-refractivity contribution in [2.45, 2.75) is 37.6 Å². The normalized spacial score (nSPS) is 36.2. The van der Waals surface area contributed by atoms with Gasteiger partial charge >= 0.3 is 0 Å². The first kappa shape index (κ1) is 14.7. The third-order valence-electron chi connectivity index (χ3n) is 4.63. The molecule has 0 aromatic carbocycles. The summed E-state index contributed by atoms with van der Waals surface area (Å²) in [6, 6.07) is -1.81. The van der Waals surface area contributed by atoms with Crippen molar-refractivity contribution in [3.8, 4) is 0 Å². The first-order valence-electron chi connectivity index (χ1n) is 6.48. The van der Waals surface area contributed by atoms with Crippen LogP contribution in [0.3, 0.4) is 0 Å². The molecule has 2 aliphatic rings. The molecule has 5 N–H and O–H groups in total. The number of carbonyl (C=O) groups excluding carboxylic acids is 3. The van der Waals surface area contributed by atoms with Crippen molar-refractivity contribution in [3.05, 3.63) is 0 Å². The van der Waals surface area contributed by atoms with Gasteiger partial charge < -0.3 is 26.4 Å². The van der Waals surface area contributed by atoms with Crippen LogP contribution < -0.4 is 11.5 Å². The quantitative estimate of drug-likeness (QED) is 0.483. The lowest BCUT2D eigenvalue weighted by molar-refractivity contribution is -0.176. The predicted octanol–water partition coefficient (Wildman–Crippen LogP) is -2.76. The lowest BCUT2D eigenvalue weighted by Gasteiger charge is -2.54. The van der Waals surface area contributed by atoms with Crippen molar-refractivity contribution in [1.82, 2.24) is 9.80 Å². The van der Waals surface area contributed by atoms with Gasteiger partial charge in [-0.2, -0.15) is 0 Å². The van der Waals surface area contributed by atoms with Crippen molar-refractivity contribution < 1.29 is 19.5 Å². The Hall–Kier alpha value is -1.67. The van der Waals surface area contributed by atoms with E-state index in [2.05, 4.69) is 0 Å². The average Bonchev–Trinajstić information content (AvgIpc) is 2.53. The van der Waals surface area contributed by atoms with Gasteiger partial charge in [-0.05, 0) is 6.92 Å². The van der Waals surface area contributed by atoms with E-state index in [1.165, 1.54) is 23.8 Å². The lowest BCUT2D eigenvalue weighted by Crippen LogP contribution is -2.78. The van der Waals surface area contributed by atoms with E-state index in [0.29, 0.717) is 0 Å². The van der Waals surface area contributed by atoms with E-state index in [-0.39, 0.29) is 18.4 Å². The molecule has 2 fully saturated rings. The largest absolute Gasteiger partial charge is 0.391 e. The molecule has 5 atom stereocenters. The van der Waals surface area contributed by atoms with Crippen LogP contribution in [0.2, 0.25) is 0 Å². The molecule has 0 aliphatic carbocycles. The Balaban J connectivity index is 2.28. The molecular formula is C12H20N4O4. The fourth-order valence-corrected chi connectivity index (χ4v) is 3.26. The Labute approximate surface area is 116 Å². The molecule has 0 saturated carbocycles. The fourth-order valence-electron chi connectivity index (χ4n) is 3.26. The number of amides is 3. The number of aliphatic hydroxyl groups is 1. The highest BCUT2D eigenvalue weighted by atomic mass is 16.3. The third kappa shape index (κ3) is 1.58. The molecular weight excluding hydrogens is 264 g/mol. The zero-order chi connectivity index (χ0) is 15.4. The molecule has 112 valence electrons. The molecule has 0 bridgehead atoms. The number of hydrogen-bond acceptors (Lipinski definition) is 5. The van der Waals surface area contributed by atoms with Gasteiger partial charge in [-0.15, -0.1) is 0 Å². The van der Waals surface area contributed by atoms with E-state index in [4.69, 9.17) is 11.5 Å². The van der Waals surface area contributed by atoms with E-state index in [1.807, 2.05) is 0 Å². The number of aliphatic hydroxyl groups excluding tert-OH is 1. The number of rotatable bonds is 3. The van der Waals surface area contributed by atoms with Crippen molar-refractivity contribution in [3.63, 3.8) is 0 Å². The Kier molecular flexibility index (Phi) is 3.26. The number of carbonyl (C=O) groups is 3. The average molecular weight is 284 g/mol. The van der Waals surface area contributed by atoms with Crippen LogP contribution in [0.25, 0.3) is 0 Å². The number of likely N-dealkylation sites (N-methyl/N-ethyl adjacent to an activating group) is 1. The molecule has 0 radical (unpaired) electrons. The maximum absolute atomic E-state index is 12.5. The van der Waals surface area contributed by atoms with Crippen LogP contribution in [0.5, 0.6) is 0 Å². The van der Waals surface area contributed by atoms with Gasteiger partial charge in [-0.3, -0.25) is 14.4 Å². The summed E-state index contributed by atoms with van der Waals surface area (Å²) in [4.78, 5) is 38.3. The summed E-state index contributed by atoms with van der Waals surface area (Å²) >= 11 is 0. The minimum Gasteiger partial charge on any atom is -0.391 e. The highest BCUT2D eigenvalue weighted by molar-refractivity contribution is 6.03. The van der Waals surface area contributed by atoms with E-state index in [9.17, 15) is 19.5 Å². The zero-order valence-electron chi connectivity index (χ0n) is 11.7. The Morgan fingerprint density at radius 1 is 1.50 bits per heavy atom. The molecule has 2 aliphatic heterocycles. The highest BCUT2D eigenvalue weighted by Crippen LogP contribution is 2.43. The van der Waals surface area contributed by atoms with Crippen LogP contribution in [0.1, 0.15) is 13.8 Å². The summed E-state index contributed by atoms with van der Waals surface area (Å²) < 4.78 is 0. The molecule has 2 saturated heterocycles. The number of nitrogens with two attached hydrogens (primary N) is 2. The van der Waals surface area contributed by atoms with Gasteiger partial charge in [-0.1, -0.05) is 6.92 Å². The molecule has 8 nitrogen and oxygen atoms in total. The molecule has 3 amide bonds. The second-order valence-corrected chi connectivity index (χ2v) is 5.66. The first-order chi connectivity index (χ1) is 9.16. The summed E-state index contributed by atoms with van der Waals surface area (Å²) in [6.45, 7) is 3.29. The monoisotopic (exact) mass is 284 g/mol. The number of β-lactam (4-membered cyclic amide) rings is 1. The topological polar surface area (TPSA) is 130 Å². The van der Waals surface area contributed by atoms with Crippen LogP contribution in [0, 0.1) is 5.92 Å². The smallest absolute Gasteiger partial charge is 0.251 e. The molecule has 8 heteroatoms.